The van der Waals surface area contributed by atoms with Crippen LogP contribution in [0.3, 0.4) is 0 Å². The summed E-state index contributed by atoms with van der Waals surface area (Å²) >= 11 is 0. The van der Waals surface area contributed by atoms with E-state index in [2.05, 4.69) is 48.3 Å². The number of nitrogens with one attached hydrogen (secondary N) is 1. The average Bonchev–Trinajstić information content (AvgIpc) is 3.30. The monoisotopic (exact) mass is 276 g/mol. The molecule has 0 heterocycles. The largest absolute Gasteiger partial charge is 0.492 e. The van der Waals surface area contributed by atoms with E-state index in [9.17, 15) is 0 Å². The van der Waals surface area contributed by atoms with Crippen LogP contribution in [0.25, 0.3) is 0 Å². The standard InChI is InChI=1S/C17H28N2O/c1-3-11-19(4-2)12-13-20-17-9-5-15(6-10-17)14-18-16-7-8-16/h5-6,9-10,16,18H,3-4,7-8,11-14H2,1-2H3. The predicted molar refractivity (Wildman–Crippen MR) is 84.2 cm³/mol. The molecule has 2 rings (SSSR count). The number of benzene rings is 1. The van der Waals surface area contributed by atoms with Crippen LogP contribution >= 0.6 is 0 Å². The summed E-state index contributed by atoms with van der Waals surface area (Å²) in [6, 6.07) is 9.26. The molecule has 1 aliphatic carbocycles. The lowest BCUT2D eigenvalue weighted by molar-refractivity contribution is 0.216. The zero-order valence-corrected chi connectivity index (χ0v) is 12.9. The Morgan fingerprint density at radius 1 is 1.15 bits per heavy atom. The molecule has 0 radical (unpaired) electrons. The van der Waals surface area contributed by atoms with E-state index in [0.29, 0.717) is 0 Å². The van der Waals surface area contributed by atoms with Gasteiger partial charge < -0.3 is 15.0 Å². The van der Waals surface area contributed by atoms with Gasteiger partial charge in [-0.3, -0.25) is 0 Å². The predicted octanol–water partition coefficient (Wildman–Crippen LogP) is 3.05. The molecule has 1 aromatic carbocycles. The Kier molecular flexibility index (Phi) is 6.34. The highest BCUT2D eigenvalue weighted by atomic mass is 16.5. The SMILES string of the molecule is CCCN(CC)CCOc1ccc(CNC2CC2)cc1. The molecule has 1 aliphatic rings. The fraction of sp³-hybridized carbons (Fsp3) is 0.647. The van der Waals surface area contributed by atoms with Gasteiger partial charge in [0.25, 0.3) is 0 Å². The molecule has 1 N–H and O–H groups in total. The highest BCUT2D eigenvalue weighted by Crippen LogP contribution is 2.19. The smallest absolute Gasteiger partial charge is 0.119 e. The Hall–Kier alpha value is -1.06. The third-order valence-corrected chi connectivity index (χ3v) is 3.76. The van der Waals surface area contributed by atoms with Crippen molar-refractivity contribution >= 4 is 0 Å². The van der Waals surface area contributed by atoms with Crippen LogP contribution in [0.5, 0.6) is 5.75 Å². The first-order valence-electron chi connectivity index (χ1n) is 7.99. The van der Waals surface area contributed by atoms with Gasteiger partial charge in [0.2, 0.25) is 0 Å². The maximum Gasteiger partial charge on any atom is 0.119 e. The summed E-state index contributed by atoms with van der Waals surface area (Å²) in [6.07, 6.45) is 3.89. The minimum atomic E-state index is 0.768. The maximum atomic E-state index is 5.82. The van der Waals surface area contributed by atoms with Crippen molar-refractivity contribution in [2.75, 3.05) is 26.2 Å². The molecule has 3 heteroatoms. The Labute approximate surface area is 123 Å². The number of rotatable bonds is 10. The van der Waals surface area contributed by atoms with Crippen LogP contribution in [-0.4, -0.2) is 37.2 Å². The van der Waals surface area contributed by atoms with E-state index in [1.165, 1.54) is 24.8 Å². The number of hydrogen-bond acceptors (Lipinski definition) is 3. The van der Waals surface area contributed by atoms with Crippen LogP contribution in [0.1, 0.15) is 38.7 Å². The van der Waals surface area contributed by atoms with Crippen molar-refractivity contribution in [2.24, 2.45) is 0 Å². The fourth-order valence-electron chi connectivity index (χ4n) is 2.29. The lowest BCUT2D eigenvalue weighted by Crippen LogP contribution is -2.28. The van der Waals surface area contributed by atoms with E-state index in [1.807, 2.05) is 0 Å². The van der Waals surface area contributed by atoms with Gasteiger partial charge in [-0.2, -0.15) is 0 Å². The van der Waals surface area contributed by atoms with Gasteiger partial charge in [0.1, 0.15) is 12.4 Å². The Bertz CT molecular complexity index is 373. The third kappa shape index (κ3) is 5.51. The first kappa shape index (κ1) is 15.3. The van der Waals surface area contributed by atoms with Crippen LogP contribution in [0.4, 0.5) is 0 Å². The Morgan fingerprint density at radius 2 is 1.90 bits per heavy atom. The van der Waals surface area contributed by atoms with E-state index in [1.54, 1.807) is 0 Å². The lowest BCUT2D eigenvalue weighted by Gasteiger charge is -2.19. The molecular weight excluding hydrogens is 248 g/mol. The summed E-state index contributed by atoms with van der Waals surface area (Å²) in [5, 5.41) is 3.52. The molecule has 0 saturated heterocycles. The Morgan fingerprint density at radius 3 is 2.50 bits per heavy atom. The van der Waals surface area contributed by atoms with Gasteiger partial charge in [-0.1, -0.05) is 26.0 Å². The van der Waals surface area contributed by atoms with Crippen molar-refractivity contribution < 1.29 is 4.74 Å². The molecule has 112 valence electrons. The van der Waals surface area contributed by atoms with Crippen LogP contribution in [0.15, 0.2) is 24.3 Å². The molecule has 1 fully saturated rings. The summed E-state index contributed by atoms with van der Waals surface area (Å²) < 4.78 is 5.82. The van der Waals surface area contributed by atoms with Gasteiger partial charge in [-0.15, -0.1) is 0 Å². The number of nitrogens with zero attached hydrogens (tertiary/aromatic N) is 1. The molecule has 0 aliphatic heterocycles. The molecule has 0 unspecified atom stereocenters. The maximum absolute atomic E-state index is 5.82. The van der Waals surface area contributed by atoms with E-state index in [-0.39, 0.29) is 0 Å². The zero-order valence-electron chi connectivity index (χ0n) is 12.9. The van der Waals surface area contributed by atoms with E-state index >= 15 is 0 Å². The van der Waals surface area contributed by atoms with E-state index in [4.69, 9.17) is 4.74 Å². The molecule has 20 heavy (non-hydrogen) atoms. The Balaban J connectivity index is 1.67. The second kappa shape index (κ2) is 8.28. The summed E-state index contributed by atoms with van der Waals surface area (Å²) in [4.78, 5) is 2.42. The summed E-state index contributed by atoms with van der Waals surface area (Å²) in [5.74, 6) is 0.979. The summed E-state index contributed by atoms with van der Waals surface area (Å²) in [6.45, 7) is 9.44. The zero-order chi connectivity index (χ0) is 14.2. The van der Waals surface area contributed by atoms with Gasteiger partial charge >= 0.3 is 0 Å². The molecule has 0 aromatic heterocycles. The van der Waals surface area contributed by atoms with Crippen molar-refractivity contribution in [3.63, 3.8) is 0 Å². The normalized spacial score (nSPS) is 14.8. The molecule has 3 nitrogen and oxygen atoms in total. The van der Waals surface area contributed by atoms with Crippen molar-refractivity contribution in [3.05, 3.63) is 29.8 Å². The average molecular weight is 276 g/mol. The number of hydrogen-bond donors (Lipinski definition) is 1. The van der Waals surface area contributed by atoms with Crippen LogP contribution in [0.2, 0.25) is 0 Å². The molecule has 1 aromatic rings. The molecular formula is C17H28N2O. The van der Waals surface area contributed by atoms with Crippen molar-refractivity contribution in [1.29, 1.82) is 0 Å². The van der Waals surface area contributed by atoms with E-state index < -0.39 is 0 Å². The molecule has 0 amide bonds. The van der Waals surface area contributed by atoms with Crippen LogP contribution < -0.4 is 10.1 Å². The highest BCUT2D eigenvalue weighted by Gasteiger charge is 2.19. The van der Waals surface area contributed by atoms with Crippen molar-refractivity contribution in [3.8, 4) is 5.75 Å². The fourth-order valence-corrected chi connectivity index (χ4v) is 2.29. The molecule has 1 saturated carbocycles. The summed E-state index contributed by atoms with van der Waals surface area (Å²) in [5.41, 5.74) is 1.34. The van der Waals surface area contributed by atoms with E-state index in [0.717, 1.165) is 44.6 Å². The van der Waals surface area contributed by atoms with Crippen molar-refractivity contribution in [1.82, 2.24) is 10.2 Å². The third-order valence-electron chi connectivity index (χ3n) is 3.76. The van der Waals surface area contributed by atoms with Gasteiger partial charge in [-0.25, -0.2) is 0 Å². The minimum Gasteiger partial charge on any atom is -0.492 e. The molecule has 0 atom stereocenters. The number of likely N-dealkylation sites (N-methyl/N-ethyl adjacent to an activating group) is 1. The first-order valence-corrected chi connectivity index (χ1v) is 7.99. The van der Waals surface area contributed by atoms with Gasteiger partial charge in [0.05, 0.1) is 0 Å². The second-order valence-electron chi connectivity index (χ2n) is 5.58. The lowest BCUT2D eigenvalue weighted by atomic mass is 10.2. The number of ether oxygens (including phenoxy) is 1. The first-order chi connectivity index (χ1) is 9.81. The van der Waals surface area contributed by atoms with Gasteiger partial charge in [0, 0.05) is 19.1 Å². The van der Waals surface area contributed by atoms with Gasteiger partial charge in [-0.05, 0) is 50.0 Å². The quantitative estimate of drug-likeness (QED) is 0.711. The van der Waals surface area contributed by atoms with Crippen LogP contribution in [0, 0.1) is 0 Å². The second-order valence-corrected chi connectivity index (χ2v) is 5.58. The molecule has 0 bridgehead atoms. The highest BCUT2D eigenvalue weighted by molar-refractivity contribution is 5.27. The summed E-state index contributed by atoms with van der Waals surface area (Å²) in [7, 11) is 0. The topological polar surface area (TPSA) is 24.5 Å². The van der Waals surface area contributed by atoms with Gasteiger partial charge in [0.15, 0.2) is 0 Å². The van der Waals surface area contributed by atoms with Crippen molar-refractivity contribution in [2.45, 2.75) is 45.7 Å². The van der Waals surface area contributed by atoms with Crippen LogP contribution in [-0.2, 0) is 6.54 Å². The molecule has 0 spiro atoms. The minimum absolute atomic E-state index is 0.768.